The minimum absolute atomic E-state index is 0.0180. The van der Waals surface area contributed by atoms with Crippen LogP contribution in [0.3, 0.4) is 0 Å². The Hall–Kier alpha value is -5.59. The zero-order valence-corrected chi connectivity index (χ0v) is 32.4. The Balaban J connectivity index is 0.711. The molecule has 2 aromatic carbocycles. The molecule has 0 bridgehead atoms. The van der Waals surface area contributed by atoms with Gasteiger partial charge in [-0.15, -0.1) is 0 Å². The number of amides is 5. The number of hydrogen-bond acceptors (Lipinski definition) is 11. The number of anilines is 2. The Morgan fingerprint density at radius 2 is 1.66 bits per heavy atom. The highest BCUT2D eigenvalue weighted by molar-refractivity contribution is 6.31. The van der Waals surface area contributed by atoms with Crippen molar-refractivity contribution in [2.24, 2.45) is 17.8 Å². The van der Waals surface area contributed by atoms with Crippen LogP contribution in [0.5, 0.6) is 5.75 Å². The lowest BCUT2D eigenvalue weighted by Gasteiger charge is -2.36. The molecule has 14 nitrogen and oxygen atoms in total. The van der Waals surface area contributed by atoms with Crippen molar-refractivity contribution in [3.63, 3.8) is 0 Å². The number of carbonyl (C=O) groups is 5. The third kappa shape index (κ3) is 7.24. The highest BCUT2D eigenvalue weighted by Gasteiger charge is 2.56. The maximum atomic E-state index is 15.4. The van der Waals surface area contributed by atoms with Crippen LogP contribution in [0.2, 0.25) is 5.02 Å². The Labute approximate surface area is 339 Å². The van der Waals surface area contributed by atoms with E-state index in [-0.39, 0.29) is 42.0 Å². The zero-order valence-electron chi connectivity index (χ0n) is 31.7. The molecule has 5 fully saturated rings. The third-order valence-corrected chi connectivity index (χ3v) is 13.1. The molecule has 3 saturated heterocycles. The number of piperidine rings is 2. The van der Waals surface area contributed by atoms with Gasteiger partial charge in [-0.2, -0.15) is 5.26 Å². The van der Waals surface area contributed by atoms with Crippen molar-refractivity contribution in [1.29, 1.82) is 5.26 Å². The summed E-state index contributed by atoms with van der Waals surface area (Å²) >= 11 is 6.14. The van der Waals surface area contributed by atoms with Gasteiger partial charge in [0.2, 0.25) is 11.8 Å². The second-order valence-electron chi connectivity index (χ2n) is 16.2. The number of imide groups is 2. The monoisotopic (exact) mass is 808 g/mol. The van der Waals surface area contributed by atoms with Crippen LogP contribution in [0.25, 0.3) is 0 Å². The van der Waals surface area contributed by atoms with Gasteiger partial charge in [0.25, 0.3) is 17.7 Å². The average Bonchev–Trinajstić information content (AvgIpc) is 3.52. The molecule has 16 heteroatoms. The van der Waals surface area contributed by atoms with E-state index in [4.69, 9.17) is 21.6 Å². The summed E-state index contributed by atoms with van der Waals surface area (Å²) in [5.41, 5.74) is 2.10. The molecule has 4 aliphatic heterocycles. The predicted octanol–water partition coefficient (Wildman–Crippen LogP) is 3.77. The smallest absolute Gasteiger partial charge is 0.270 e. The number of piperazine rings is 1. The van der Waals surface area contributed by atoms with Crippen molar-refractivity contribution in [2.75, 3.05) is 55.6 Å². The van der Waals surface area contributed by atoms with E-state index in [0.29, 0.717) is 58.6 Å². The molecular formula is C42H42ClFN8O6. The number of halogens is 2. The standard InChI is InChI=1S/C42H42ClFN8O6/c43-33-15-27(5-1-23(33)18-45)58-26-6-2-24(3-7-26)47-39(54)35-8-4-25(19-46-35)50-13-11-49(12-14-50)20-30-31-21-51(22-32(30)31)37-17-29-28(16-34(37)44)41(56)52(42(29)57)36-9-10-38(53)48-40(36)55/h1,4-5,8,15-17,19,24,26,30-32,36H,2-3,6-7,9-14,20-22H2,(H,47,54)(H,48,53,55)/t24?,26?,30?,31-,32+,36?. The van der Waals surface area contributed by atoms with E-state index in [1.54, 1.807) is 30.5 Å². The van der Waals surface area contributed by atoms with Crippen LogP contribution < -0.4 is 25.2 Å². The third-order valence-electron chi connectivity index (χ3n) is 12.8. The molecule has 2 N–H and O–H groups in total. The number of carbonyl (C=O) groups excluding carboxylic acids is 5. The second kappa shape index (κ2) is 15.3. The number of benzene rings is 2. The van der Waals surface area contributed by atoms with Crippen molar-refractivity contribution in [3.05, 3.63) is 81.9 Å². The highest BCUT2D eigenvalue weighted by atomic mass is 35.5. The number of aromatic nitrogens is 1. The fraction of sp³-hybridized carbons (Fsp3) is 0.452. The van der Waals surface area contributed by atoms with Crippen LogP contribution >= 0.6 is 11.6 Å². The predicted molar refractivity (Wildman–Crippen MR) is 209 cm³/mol. The molecule has 0 radical (unpaired) electrons. The molecule has 0 spiro atoms. The van der Waals surface area contributed by atoms with E-state index in [1.165, 1.54) is 6.07 Å². The summed E-state index contributed by atoms with van der Waals surface area (Å²) in [6.07, 6.45) is 5.01. The number of ether oxygens (including phenoxy) is 1. The Kier molecular flexibility index (Phi) is 10.0. The average molecular weight is 809 g/mol. The summed E-state index contributed by atoms with van der Waals surface area (Å²) in [5, 5.41) is 14.8. The van der Waals surface area contributed by atoms with Crippen molar-refractivity contribution >= 4 is 52.5 Å². The Morgan fingerprint density at radius 1 is 0.931 bits per heavy atom. The summed E-state index contributed by atoms with van der Waals surface area (Å²) in [7, 11) is 0. The quantitative estimate of drug-likeness (QED) is 0.302. The van der Waals surface area contributed by atoms with Gasteiger partial charge in [0.05, 0.1) is 45.4 Å². The molecule has 2 unspecified atom stereocenters. The van der Waals surface area contributed by atoms with Crippen LogP contribution in [0.4, 0.5) is 15.8 Å². The van der Waals surface area contributed by atoms with Gasteiger partial charge in [0.15, 0.2) is 0 Å². The number of nitrogens with one attached hydrogen (secondary N) is 2. The molecule has 4 atom stereocenters. The lowest BCUT2D eigenvalue weighted by atomic mass is 9.92. The van der Waals surface area contributed by atoms with Crippen LogP contribution in [-0.2, 0) is 9.59 Å². The maximum absolute atomic E-state index is 15.4. The molecule has 300 valence electrons. The number of fused-ring (bicyclic) bond motifs is 2. The summed E-state index contributed by atoms with van der Waals surface area (Å²) in [4.78, 5) is 75.6. The number of rotatable bonds is 9. The Morgan fingerprint density at radius 3 is 2.31 bits per heavy atom. The molecule has 6 aliphatic rings. The van der Waals surface area contributed by atoms with Crippen molar-refractivity contribution in [1.82, 2.24) is 25.4 Å². The van der Waals surface area contributed by atoms with Gasteiger partial charge in [-0.3, -0.25) is 39.1 Å². The fourth-order valence-electron chi connectivity index (χ4n) is 9.47. The molecule has 5 amide bonds. The first-order valence-electron chi connectivity index (χ1n) is 19.9. The van der Waals surface area contributed by atoms with Gasteiger partial charge < -0.3 is 19.9 Å². The molecule has 58 heavy (non-hydrogen) atoms. The van der Waals surface area contributed by atoms with Crippen molar-refractivity contribution in [3.8, 4) is 11.8 Å². The first kappa shape index (κ1) is 38.0. The lowest BCUT2D eigenvalue weighted by molar-refractivity contribution is -0.136. The largest absolute Gasteiger partial charge is 0.490 e. The van der Waals surface area contributed by atoms with Crippen LogP contribution in [0, 0.1) is 34.9 Å². The van der Waals surface area contributed by atoms with E-state index < -0.39 is 35.5 Å². The first-order chi connectivity index (χ1) is 28.0. The molecule has 2 aliphatic carbocycles. The van der Waals surface area contributed by atoms with Crippen LogP contribution in [0.15, 0.2) is 48.7 Å². The van der Waals surface area contributed by atoms with Crippen LogP contribution in [0.1, 0.15) is 75.3 Å². The highest BCUT2D eigenvalue weighted by Crippen LogP contribution is 2.53. The minimum atomic E-state index is -1.09. The van der Waals surface area contributed by atoms with E-state index in [9.17, 15) is 24.0 Å². The summed E-state index contributed by atoms with van der Waals surface area (Å²) in [5.74, 6) is -1.27. The molecule has 1 aromatic heterocycles. The summed E-state index contributed by atoms with van der Waals surface area (Å²) in [6.45, 7) is 5.76. The summed E-state index contributed by atoms with van der Waals surface area (Å²) < 4.78 is 21.5. The molecular weight excluding hydrogens is 767 g/mol. The van der Waals surface area contributed by atoms with Gasteiger partial charge in [0, 0.05) is 64.3 Å². The first-order valence-corrected chi connectivity index (χ1v) is 20.3. The van der Waals surface area contributed by atoms with Gasteiger partial charge in [0.1, 0.15) is 29.4 Å². The number of nitrogens with zero attached hydrogens (tertiary/aromatic N) is 6. The normalized spacial score (nSPS) is 26.9. The fourth-order valence-corrected chi connectivity index (χ4v) is 9.68. The molecule has 2 saturated carbocycles. The molecule has 9 rings (SSSR count). The van der Waals surface area contributed by atoms with E-state index in [0.717, 1.165) is 75.1 Å². The number of hydrogen-bond donors (Lipinski definition) is 2. The van der Waals surface area contributed by atoms with Gasteiger partial charge in [-0.25, -0.2) is 9.37 Å². The van der Waals surface area contributed by atoms with Crippen molar-refractivity contribution in [2.45, 2.75) is 56.7 Å². The number of pyridine rings is 1. The zero-order chi connectivity index (χ0) is 40.2. The van der Waals surface area contributed by atoms with E-state index in [1.807, 2.05) is 17.0 Å². The van der Waals surface area contributed by atoms with Gasteiger partial charge in [-0.05, 0) is 86.3 Å². The SMILES string of the molecule is N#Cc1ccc(OC2CCC(NC(=O)c3ccc(N4CCN(CC5[C@H]6CN(c7cc8c(cc7F)C(=O)N(C7CCC(=O)NC7=O)C8=O)C[C@@H]56)CC4)cn3)CC2)cc1Cl. The lowest BCUT2D eigenvalue weighted by Crippen LogP contribution is -2.54. The van der Waals surface area contributed by atoms with Gasteiger partial charge >= 0.3 is 0 Å². The van der Waals surface area contributed by atoms with E-state index >= 15 is 4.39 Å². The minimum Gasteiger partial charge on any atom is -0.490 e. The van der Waals surface area contributed by atoms with E-state index in [2.05, 4.69) is 25.4 Å². The Bertz CT molecular complexity index is 2220. The van der Waals surface area contributed by atoms with Crippen molar-refractivity contribution < 1.29 is 33.1 Å². The van der Waals surface area contributed by atoms with Crippen LogP contribution in [-0.4, -0.2) is 108 Å². The molecule has 3 aromatic rings. The number of nitriles is 1. The maximum Gasteiger partial charge on any atom is 0.270 e. The topological polar surface area (TPSA) is 168 Å². The molecule has 5 heterocycles. The van der Waals surface area contributed by atoms with Gasteiger partial charge in [-0.1, -0.05) is 11.6 Å². The summed E-state index contributed by atoms with van der Waals surface area (Å²) in [6, 6.07) is 12.4. The second-order valence-corrected chi connectivity index (χ2v) is 16.6.